The molecule has 0 amide bonds. The Morgan fingerprint density at radius 2 is 2.06 bits per heavy atom. The Hall–Kier alpha value is -1.35. The maximum atomic E-state index is 11.0. The van der Waals surface area contributed by atoms with Crippen molar-refractivity contribution in [2.24, 2.45) is 0 Å². The minimum atomic E-state index is -0.856. The van der Waals surface area contributed by atoms with Crippen LogP contribution in [0.3, 0.4) is 0 Å². The molecule has 0 saturated heterocycles. The van der Waals surface area contributed by atoms with Crippen LogP contribution in [0.5, 0.6) is 0 Å². The van der Waals surface area contributed by atoms with Crippen LogP contribution >= 0.6 is 0 Å². The summed E-state index contributed by atoms with van der Waals surface area (Å²) < 4.78 is 0. The zero-order chi connectivity index (χ0) is 12.3. The summed E-state index contributed by atoms with van der Waals surface area (Å²) in [5, 5.41) is 12.2. The first-order valence-corrected chi connectivity index (χ1v) is 5.48. The minimum Gasteiger partial charge on any atom is -0.478 e. The van der Waals surface area contributed by atoms with Crippen molar-refractivity contribution < 1.29 is 9.90 Å². The van der Waals surface area contributed by atoms with Gasteiger partial charge in [-0.3, -0.25) is 0 Å². The van der Waals surface area contributed by atoms with Crippen LogP contribution in [0, 0.1) is 0 Å². The van der Waals surface area contributed by atoms with Gasteiger partial charge in [0, 0.05) is 5.54 Å². The molecule has 0 atom stereocenters. The molecule has 3 heteroatoms. The highest BCUT2D eigenvalue weighted by molar-refractivity contribution is 5.89. The number of aryl methyl sites for hydroxylation is 1. The van der Waals surface area contributed by atoms with Crippen LogP contribution < -0.4 is 5.32 Å². The fraction of sp³-hybridized carbons (Fsp3) is 0.462. The van der Waals surface area contributed by atoms with E-state index in [9.17, 15) is 4.79 Å². The van der Waals surface area contributed by atoms with Crippen molar-refractivity contribution >= 4 is 5.97 Å². The Labute approximate surface area is 96.5 Å². The molecule has 0 saturated carbocycles. The Bertz CT molecular complexity index is 397. The normalized spacial score (nSPS) is 11.5. The zero-order valence-corrected chi connectivity index (χ0v) is 10.3. The van der Waals surface area contributed by atoms with Gasteiger partial charge in [-0.15, -0.1) is 0 Å². The number of carboxylic acid groups (broad SMARTS) is 1. The van der Waals surface area contributed by atoms with Gasteiger partial charge in [-0.1, -0.05) is 19.1 Å². The van der Waals surface area contributed by atoms with E-state index in [0.29, 0.717) is 5.56 Å². The quantitative estimate of drug-likeness (QED) is 0.820. The molecular formula is C13H19NO2. The van der Waals surface area contributed by atoms with Crippen molar-refractivity contribution in [3.05, 3.63) is 34.9 Å². The first-order valence-electron chi connectivity index (χ1n) is 5.48. The molecule has 2 N–H and O–H groups in total. The van der Waals surface area contributed by atoms with Gasteiger partial charge in [-0.05, 0) is 44.5 Å². The minimum absolute atomic E-state index is 0.138. The molecule has 1 rings (SSSR count). The number of nitrogens with one attached hydrogen (secondary N) is 1. The third-order valence-corrected chi connectivity index (χ3v) is 3.06. The lowest BCUT2D eigenvalue weighted by atomic mass is 9.90. The Morgan fingerprint density at radius 3 is 2.50 bits per heavy atom. The van der Waals surface area contributed by atoms with Gasteiger partial charge in [-0.25, -0.2) is 4.79 Å². The lowest BCUT2D eigenvalue weighted by Gasteiger charge is -2.25. The number of aromatic carboxylic acids is 1. The average molecular weight is 221 g/mol. The van der Waals surface area contributed by atoms with E-state index in [4.69, 9.17) is 5.11 Å². The van der Waals surface area contributed by atoms with Crippen LogP contribution in [0.25, 0.3) is 0 Å². The molecule has 3 nitrogen and oxygen atoms in total. The lowest BCUT2D eigenvalue weighted by molar-refractivity contribution is 0.0695. The Balaban J connectivity index is 3.24. The highest BCUT2D eigenvalue weighted by atomic mass is 16.4. The molecule has 0 aliphatic rings. The van der Waals surface area contributed by atoms with E-state index in [1.807, 2.05) is 26.1 Å². The van der Waals surface area contributed by atoms with Crippen LogP contribution in [-0.2, 0) is 12.0 Å². The second-order valence-corrected chi connectivity index (χ2v) is 4.41. The van der Waals surface area contributed by atoms with Gasteiger partial charge in [0.1, 0.15) is 0 Å². The number of rotatable bonds is 4. The summed E-state index contributed by atoms with van der Waals surface area (Å²) in [7, 11) is 1.90. The van der Waals surface area contributed by atoms with Gasteiger partial charge >= 0.3 is 5.97 Å². The fourth-order valence-corrected chi connectivity index (χ4v) is 1.63. The number of benzene rings is 1. The maximum Gasteiger partial charge on any atom is 0.335 e. The highest BCUT2D eigenvalue weighted by Gasteiger charge is 2.19. The van der Waals surface area contributed by atoms with Gasteiger partial charge in [0.2, 0.25) is 0 Å². The van der Waals surface area contributed by atoms with E-state index in [-0.39, 0.29) is 5.54 Å². The molecular weight excluding hydrogens is 202 g/mol. The number of carbonyl (C=O) groups is 1. The Kier molecular flexibility index (Phi) is 3.70. The zero-order valence-electron chi connectivity index (χ0n) is 10.3. The van der Waals surface area contributed by atoms with E-state index < -0.39 is 5.97 Å². The first-order chi connectivity index (χ1) is 7.42. The highest BCUT2D eigenvalue weighted by Crippen LogP contribution is 2.23. The summed E-state index contributed by atoms with van der Waals surface area (Å²) in [6.07, 6.45) is 0.731. The Morgan fingerprint density at radius 1 is 1.44 bits per heavy atom. The molecule has 0 fully saturated rings. The van der Waals surface area contributed by atoms with E-state index in [0.717, 1.165) is 17.5 Å². The molecule has 1 aromatic rings. The second-order valence-electron chi connectivity index (χ2n) is 4.41. The number of hydrogen-bond acceptors (Lipinski definition) is 2. The lowest BCUT2D eigenvalue weighted by Crippen LogP contribution is -2.33. The first kappa shape index (κ1) is 12.7. The SMILES string of the molecule is CCc1cc(C(C)(C)NC)ccc1C(=O)O. The van der Waals surface area contributed by atoms with Crippen molar-refractivity contribution in [3.63, 3.8) is 0 Å². The third-order valence-electron chi connectivity index (χ3n) is 3.06. The van der Waals surface area contributed by atoms with E-state index in [1.54, 1.807) is 6.07 Å². The summed E-state index contributed by atoms with van der Waals surface area (Å²) in [6.45, 7) is 6.11. The molecule has 0 bridgehead atoms. The van der Waals surface area contributed by atoms with Crippen molar-refractivity contribution in [1.82, 2.24) is 5.32 Å². The standard InChI is InChI=1S/C13H19NO2/c1-5-9-8-10(13(2,3)14-4)6-7-11(9)12(15)16/h6-8,14H,5H2,1-4H3,(H,15,16). The van der Waals surface area contributed by atoms with Crippen molar-refractivity contribution in [2.45, 2.75) is 32.7 Å². The summed E-state index contributed by atoms with van der Waals surface area (Å²) in [6, 6.07) is 5.54. The van der Waals surface area contributed by atoms with Crippen molar-refractivity contribution in [3.8, 4) is 0 Å². The monoisotopic (exact) mass is 221 g/mol. The maximum absolute atomic E-state index is 11.0. The molecule has 0 spiro atoms. The second kappa shape index (κ2) is 4.66. The van der Waals surface area contributed by atoms with Crippen molar-refractivity contribution in [2.75, 3.05) is 7.05 Å². The molecule has 0 aromatic heterocycles. The van der Waals surface area contributed by atoms with Gasteiger partial charge < -0.3 is 10.4 Å². The van der Waals surface area contributed by atoms with Crippen LogP contribution in [0.15, 0.2) is 18.2 Å². The smallest absolute Gasteiger partial charge is 0.335 e. The summed E-state index contributed by atoms with van der Waals surface area (Å²) in [5.41, 5.74) is 2.25. The van der Waals surface area contributed by atoms with E-state index in [1.165, 1.54) is 0 Å². The molecule has 16 heavy (non-hydrogen) atoms. The molecule has 0 heterocycles. The van der Waals surface area contributed by atoms with Gasteiger partial charge in [0.25, 0.3) is 0 Å². The van der Waals surface area contributed by atoms with Crippen LogP contribution in [0.4, 0.5) is 0 Å². The topological polar surface area (TPSA) is 49.3 Å². The van der Waals surface area contributed by atoms with Crippen molar-refractivity contribution in [1.29, 1.82) is 0 Å². The van der Waals surface area contributed by atoms with E-state index in [2.05, 4.69) is 19.2 Å². The third kappa shape index (κ3) is 2.42. The van der Waals surface area contributed by atoms with Gasteiger partial charge in [-0.2, -0.15) is 0 Å². The molecule has 88 valence electrons. The molecule has 0 radical (unpaired) electrons. The summed E-state index contributed by atoms with van der Waals surface area (Å²) >= 11 is 0. The predicted molar refractivity (Wildman–Crippen MR) is 64.9 cm³/mol. The molecule has 1 aromatic carbocycles. The van der Waals surface area contributed by atoms with Gasteiger partial charge in [0.15, 0.2) is 0 Å². The van der Waals surface area contributed by atoms with Crippen LogP contribution in [-0.4, -0.2) is 18.1 Å². The average Bonchev–Trinajstić information content (AvgIpc) is 2.27. The number of hydrogen-bond donors (Lipinski definition) is 2. The molecule has 0 unspecified atom stereocenters. The predicted octanol–water partition coefficient (Wildman–Crippen LogP) is 2.40. The van der Waals surface area contributed by atoms with Crippen LogP contribution in [0.1, 0.15) is 42.3 Å². The fourth-order valence-electron chi connectivity index (χ4n) is 1.63. The van der Waals surface area contributed by atoms with Gasteiger partial charge in [0.05, 0.1) is 5.56 Å². The van der Waals surface area contributed by atoms with E-state index >= 15 is 0 Å². The largest absolute Gasteiger partial charge is 0.478 e. The number of carboxylic acids is 1. The molecule has 0 aliphatic heterocycles. The van der Waals surface area contributed by atoms with Crippen LogP contribution in [0.2, 0.25) is 0 Å². The molecule has 0 aliphatic carbocycles. The summed E-state index contributed by atoms with van der Waals surface area (Å²) in [4.78, 5) is 11.0. The summed E-state index contributed by atoms with van der Waals surface area (Å²) in [5.74, 6) is -0.856.